The Bertz CT molecular complexity index is 752. The molecule has 138 valence electrons. The summed E-state index contributed by atoms with van der Waals surface area (Å²) in [6.45, 7) is 5.47. The molecule has 0 aliphatic carbocycles. The van der Waals surface area contributed by atoms with E-state index < -0.39 is 6.04 Å². The fourth-order valence-electron chi connectivity index (χ4n) is 2.98. The van der Waals surface area contributed by atoms with Crippen molar-refractivity contribution in [2.24, 2.45) is 5.73 Å². The van der Waals surface area contributed by atoms with Crippen molar-refractivity contribution in [3.8, 4) is 5.75 Å². The minimum absolute atomic E-state index is 0.192. The fraction of sp³-hybridized carbons (Fsp3) is 0.381. The molecule has 2 aromatic rings. The molecule has 5 nitrogen and oxygen atoms in total. The van der Waals surface area contributed by atoms with Gasteiger partial charge in [-0.1, -0.05) is 29.8 Å². The second kappa shape index (κ2) is 8.34. The van der Waals surface area contributed by atoms with Crippen LogP contribution in [0.4, 0.5) is 5.69 Å². The zero-order valence-corrected chi connectivity index (χ0v) is 15.3. The maximum Gasteiger partial charge on any atom is 0.245 e. The molecule has 0 aromatic heterocycles. The van der Waals surface area contributed by atoms with Crippen molar-refractivity contribution >= 4 is 11.6 Å². The first-order chi connectivity index (χ1) is 12.5. The lowest BCUT2D eigenvalue weighted by Crippen LogP contribution is -2.28. The van der Waals surface area contributed by atoms with E-state index in [4.69, 9.17) is 15.2 Å². The Labute approximate surface area is 154 Å². The van der Waals surface area contributed by atoms with Crippen LogP contribution in [0, 0.1) is 13.8 Å². The lowest BCUT2D eigenvalue weighted by atomic mass is 10.1. The first kappa shape index (κ1) is 18.4. The number of hydrogen-bond acceptors (Lipinski definition) is 4. The number of nitrogens with two attached hydrogens (primary N) is 1. The van der Waals surface area contributed by atoms with Gasteiger partial charge in [0.1, 0.15) is 17.9 Å². The molecule has 3 rings (SSSR count). The normalized spacial score (nSPS) is 16.1. The largest absolute Gasteiger partial charge is 0.490 e. The van der Waals surface area contributed by atoms with E-state index in [0.717, 1.165) is 54.2 Å². The van der Waals surface area contributed by atoms with Gasteiger partial charge in [-0.2, -0.15) is 0 Å². The summed E-state index contributed by atoms with van der Waals surface area (Å²) in [6, 6.07) is 12.6. The SMILES string of the molecule is Cc1ccc(C(N)C(=O)Nc2ccc(OC3CCOCC3)c(C)c2)cc1. The Balaban J connectivity index is 1.63. The van der Waals surface area contributed by atoms with E-state index in [1.807, 2.05) is 56.3 Å². The summed E-state index contributed by atoms with van der Waals surface area (Å²) in [6.07, 6.45) is 2.00. The molecule has 2 aromatic carbocycles. The first-order valence-corrected chi connectivity index (χ1v) is 9.01. The predicted molar refractivity (Wildman–Crippen MR) is 102 cm³/mol. The van der Waals surface area contributed by atoms with Gasteiger partial charge in [-0.15, -0.1) is 0 Å². The molecule has 26 heavy (non-hydrogen) atoms. The van der Waals surface area contributed by atoms with Gasteiger partial charge in [-0.25, -0.2) is 0 Å². The highest BCUT2D eigenvalue weighted by atomic mass is 16.5. The predicted octanol–water partition coefficient (Wildman–Crippen LogP) is 3.50. The third-order valence-electron chi connectivity index (χ3n) is 4.62. The van der Waals surface area contributed by atoms with Crippen LogP contribution < -0.4 is 15.8 Å². The Morgan fingerprint density at radius 1 is 1.15 bits per heavy atom. The summed E-state index contributed by atoms with van der Waals surface area (Å²) >= 11 is 0. The molecule has 1 heterocycles. The molecule has 1 fully saturated rings. The summed E-state index contributed by atoms with van der Waals surface area (Å²) < 4.78 is 11.4. The second-order valence-corrected chi connectivity index (χ2v) is 6.79. The van der Waals surface area contributed by atoms with Crippen molar-refractivity contribution < 1.29 is 14.3 Å². The van der Waals surface area contributed by atoms with Crippen molar-refractivity contribution in [3.05, 3.63) is 59.2 Å². The van der Waals surface area contributed by atoms with E-state index in [-0.39, 0.29) is 12.0 Å². The van der Waals surface area contributed by atoms with Crippen LogP contribution in [0.3, 0.4) is 0 Å². The summed E-state index contributed by atoms with van der Waals surface area (Å²) in [5.41, 5.74) is 9.71. The quantitative estimate of drug-likeness (QED) is 0.862. The van der Waals surface area contributed by atoms with Crippen LogP contribution in [-0.4, -0.2) is 25.2 Å². The highest BCUT2D eigenvalue weighted by Gasteiger charge is 2.18. The molecular formula is C21H26N2O3. The van der Waals surface area contributed by atoms with Crippen LogP contribution in [0.1, 0.15) is 35.6 Å². The average molecular weight is 354 g/mol. The molecular weight excluding hydrogens is 328 g/mol. The molecule has 0 radical (unpaired) electrons. The van der Waals surface area contributed by atoms with Gasteiger partial charge in [0, 0.05) is 18.5 Å². The molecule has 1 atom stereocenters. The van der Waals surface area contributed by atoms with E-state index in [9.17, 15) is 4.79 Å². The third kappa shape index (κ3) is 4.62. The van der Waals surface area contributed by atoms with Crippen molar-refractivity contribution in [2.75, 3.05) is 18.5 Å². The number of anilines is 1. The zero-order chi connectivity index (χ0) is 18.5. The highest BCUT2D eigenvalue weighted by Crippen LogP contribution is 2.25. The van der Waals surface area contributed by atoms with E-state index in [1.165, 1.54) is 0 Å². The van der Waals surface area contributed by atoms with Crippen LogP contribution >= 0.6 is 0 Å². The lowest BCUT2D eigenvalue weighted by Gasteiger charge is -2.24. The number of aryl methyl sites for hydroxylation is 2. The van der Waals surface area contributed by atoms with Gasteiger partial charge in [0.15, 0.2) is 0 Å². The van der Waals surface area contributed by atoms with Crippen LogP contribution in [0.25, 0.3) is 0 Å². The molecule has 0 bridgehead atoms. The Morgan fingerprint density at radius 2 is 1.85 bits per heavy atom. The van der Waals surface area contributed by atoms with Crippen LogP contribution in [-0.2, 0) is 9.53 Å². The van der Waals surface area contributed by atoms with Crippen molar-refractivity contribution in [2.45, 2.75) is 38.8 Å². The van der Waals surface area contributed by atoms with Crippen LogP contribution in [0.15, 0.2) is 42.5 Å². The standard InChI is InChI=1S/C21H26N2O3/c1-14-3-5-16(6-4-14)20(22)21(24)23-17-7-8-19(15(2)13-17)26-18-9-11-25-12-10-18/h3-8,13,18,20H,9-12,22H2,1-2H3,(H,23,24). The number of hydrogen-bond donors (Lipinski definition) is 2. The van der Waals surface area contributed by atoms with Crippen molar-refractivity contribution in [1.82, 2.24) is 0 Å². The Hall–Kier alpha value is -2.37. The van der Waals surface area contributed by atoms with Gasteiger partial charge >= 0.3 is 0 Å². The zero-order valence-electron chi connectivity index (χ0n) is 15.3. The molecule has 1 aliphatic rings. The van der Waals surface area contributed by atoms with Gasteiger partial charge in [0.05, 0.1) is 13.2 Å². The van der Waals surface area contributed by atoms with Crippen LogP contribution in [0.5, 0.6) is 5.75 Å². The van der Waals surface area contributed by atoms with Gasteiger partial charge in [-0.3, -0.25) is 4.79 Å². The number of carbonyl (C=O) groups excluding carboxylic acids is 1. The molecule has 1 saturated heterocycles. The minimum atomic E-state index is -0.700. The fourth-order valence-corrected chi connectivity index (χ4v) is 2.98. The average Bonchev–Trinajstić information content (AvgIpc) is 2.65. The molecule has 1 unspecified atom stereocenters. The van der Waals surface area contributed by atoms with Gasteiger partial charge in [0.25, 0.3) is 0 Å². The van der Waals surface area contributed by atoms with Crippen LogP contribution in [0.2, 0.25) is 0 Å². The van der Waals surface area contributed by atoms with Crippen molar-refractivity contribution in [3.63, 3.8) is 0 Å². The van der Waals surface area contributed by atoms with E-state index in [1.54, 1.807) is 0 Å². The molecule has 1 aliphatic heterocycles. The minimum Gasteiger partial charge on any atom is -0.490 e. The van der Waals surface area contributed by atoms with Gasteiger partial charge in [0.2, 0.25) is 5.91 Å². The van der Waals surface area contributed by atoms with E-state index in [0.29, 0.717) is 0 Å². The Kier molecular flexibility index (Phi) is 5.91. The van der Waals surface area contributed by atoms with Gasteiger partial charge < -0.3 is 20.5 Å². The van der Waals surface area contributed by atoms with Gasteiger partial charge in [-0.05, 0) is 43.2 Å². The maximum absolute atomic E-state index is 12.4. The highest BCUT2D eigenvalue weighted by molar-refractivity contribution is 5.95. The second-order valence-electron chi connectivity index (χ2n) is 6.79. The molecule has 3 N–H and O–H groups in total. The lowest BCUT2D eigenvalue weighted by molar-refractivity contribution is -0.117. The number of carbonyl (C=O) groups is 1. The molecule has 5 heteroatoms. The van der Waals surface area contributed by atoms with E-state index >= 15 is 0 Å². The summed E-state index contributed by atoms with van der Waals surface area (Å²) in [7, 11) is 0. The summed E-state index contributed by atoms with van der Waals surface area (Å²) in [4.78, 5) is 12.4. The molecule has 0 saturated carbocycles. The maximum atomic E-state index is 12.4. The topological polar surface area (TPSA) is 73.6 Å². The molecule has 0 spiro atoms. The Morgan fingerprint density at radius 3 is 2.50 bits per heavy atom. The summed E-state index contributed by atoms with van der Waals surface area (Å²) in [5.74, 6) is 0.615. The molecule has 1 amide bonds. The number of nitrogens with one attached hydrogen (secondary N) is 1. The number of benzene rings is 2. The number of rotatable bonds is 5. The van der Waals surface area contributed by atoms with E-state index in [2.05, 4.69) is 5.32 Å². The number of ether oxygens (including phenoxy) is 2. The number of amides is 1. The monoisotopic (exact) mass is 354 g/mol. The third-order valence-corrected chi connectivity index (χ3v) is 4.62. The first-order valence-electron chi connectivity index (χ1n) is 9.01. The smallest absolute Gasteiger partial charge is 0.245 e. The van der Waals surface area contributed by atoms with Crippen molar-refractivity contribution in [1.29, 1.82) is 0 Å². The summed E-state index contributed by atoms with van der Waals surface area (Å²) in [5, 5.41) is 2.89.